The van der Waals surface area contributed by atoms with Gasteiger partial charge in [0.1, 0.15) is 11.5 Å². The molecule has 0 spiro atoms. The van der Waals surface area contributed by atoms with E-state index in [0.717, 1.165) is 11.0 Å². The van der Waals surface area contributed by atoms with E-state index in [1.54, 1.807) is 22.7 Å². The minimum atomic E-state index is -0.325. The van der Waals surface area contributed by atoms with Crippen molar-refractivity contribution in [3.8, 4) is 17.1 Å². The zero-order chi connectivity index (χ0) is 14.4. The molecule has 1 N–H and O–H groups in total. The number of rotatable bonds is 1. The maximum Gasteiger partial charge on any atom is 0.224 e. The first kappa shape index (κ1) is 11.8. The minimum Gasteiger partial charge on any atom is -0.493 e. The normalized spacial score (nSPS) is 11.3. The molecular weight excluding hydrogens is 269 g/mol. The Morgan fingerprint density at radius 1 is 1.00 bits per heavy atom. The van der Waals surface area contributed by atoms with E-state index in [0.29, 0.717) is 16.9 Å². The molecule has 2 aromatic heterocycles. The monoisotopic (exact) mass is 279 g/mol. The molecule has 0 aliphatic heterocycles. The summed E-state index contributed by atoms with van der Waals surface area (Å²) in [5.74, 6) is -0.302. The number of fused-ring (bicyclic) bond motifs is 3. The Balaban J connectivity index is 2.06. The molecule has 0 bridgehead atoms. The van der Waals surface area contributed by atoms with Crippen molar-refractivity contribution in [2.75, 3.05) is 0 Å². The molecule has 0 aliphatic carbocycles. The molecule has 2 heterocycles. The largest absolute Gasteiger partial charge is 0.493 e. The first-order valence-corrected chi connectivity index (χ1v) is 6.45. The lowest BCUT2D eigenvalue weighted by atomic mass is 10.1. The molecule has 0 saturated carbocycles. The summed E-state index contributed by atoms with van der Waals surface area (Å²) in [5, 5.41) is 10.5. The quantitative estimate of drug-likeness (QED) is 0.581. The van der Waals surface area contributed by atoms with Crippen molar-refractivity contribution in [2.24, 2.45) is 0 Å². The highest BCUT2D eigenvalue weighted by Crippen LogP contribution is 2.31. The summed E-state index contributed by atoms with van der Waals surface area (Å²) < 4.78 is 14.7. The Kier molecular flexibility index (Phi) is 2.41. The van der Waals surface area contributed by atoms with Crippen LogP contribution in [0.1, 0.15) is 0 Å². The van der Waals surface area contributed by atoms with Crippen LogP contribution in [0.4, 0.5) is 4.39 Å². The zero-order valence-corrected chi connectivity index (χ0v) is 10.9. The fourth-order valence-corrected chi connectivity index (χ4v) is 2.44. The van der Waals surface area contributed by atoms with E-state index in [2.05, 4.69) is 9.97 Å². The van der Waals surface area contributed by atoms with E-state index in [4.69, 9.17) is 0 Å². The highest BCUT2D eigenvalue weighted by molar-refractivity contribution is 5.81. The van der Waals surface area contributed by atoms with E-state index < -0.39 is 0 Å². The lowest BCUT2D eigenvalue weighted by Gasteiger charge is -2.02. The van der Waals surface area contributed by atoms with Crippen LogP contribution in [0.5, 0.6) is 5.88 Å². The molecule has 21 heavy (non-hydrogen) atoms. The Labute approximate surface area is 119 Å². The summed E-state index contributed by atoms with van der Waals surface area (Å²) in [6, 6.07) is 13.4. The summed E-state index contributed by atoms with van der Waals surface area (Å²) >= 11 is 0. The molecule has 0 radical (unpaired) electrons. The fourth-order valence-electron chi connectivity index (χ4n) is 2.44. The van der Waals surface area contributed by atoms with Crippen LogP contribution in [-0.2, 0) is 0 Å². The van der Waals surface area contributed by atoms with Crippen LogP contribution in [0.15, 0.2) is 54.7 Å². The molecule has 4 nitrogen and oxygen atoms in total. The van der Waals surface area contributed by atoms with E-state index in [1.165, 1.54) is 12.1 Å². The van der Waals surface area contributed by atoms with Crippen molar-refractivity contribution in [1.29, 1.82) is 0 Å². The molecule has 102 valence electrons. The number of para-hydroxylation sites is 2. The average molecular weight is 279 g/mol. The van der Waals surface area contributed by atoms with Gasteiger partial charge in [0.05, 0.1) is 17.2 Å². The highest BCUT2D eigenvalue weighted by Gasteiger charge is 2.15. The topological polar surface area (TPSA) is 50.4 Å². The van der Waals surface area contributed by atoms with E-state index in [-0.39, 0.29) is 11.7 Å². The van der Waals surface area contributed by atoms with Gasteiger partial charge in [-0.1, -0.05) is 12.1 Å². The molecule has 4 aromatic rings. The number of hydrogen-bond acceptors (Lipinski definition) is 3. The predicted molar refractivity (Wildman–Crippen MR) is 77.6 cm³/mol. The highest BCUT2D eigenvalue weighted by atomic mass is 19.1. The molecule has 2 aromatic carbocycles. The standard InChI is InChI=1S/C16H10FN3O/c17-11-7-5-10(6-8-11)15-16(21)20-13-4-2-1-3-12(13)18-9-14(20)19-15/h1-9,21H. The summed E-state index contributed by atoms with van der Waals surface area (Å²) in [7, 11) is 0. The summed E-state index contributed by atoms with van der Waals surface area (Å²) in [5.41, 5.74) is 3.15. The van der Waals surface area contributed by atoms with Gasteiger partial charge < -0.3 is 5.11 Å². The summed E-state index contributed by atoms with van der Waals surface area (Å²) in [6.45, 7) is 0. The maximum atomic E-state index is 13.0. The second kappa shape index (κ2) is 4.28. The van der Waals surface area contributed by atoms with Crippen molar-refractivity contribution in [3.63, 3.8) is 0 Å². The Hall–Kier alpha value is -2.95. The van der Waals surface area contributed by atoms with Gasteiger partial charge in [-0.15, -0.1) is 0 Å². The molecule has 0 atom stereocenters. The van der Waals surface area contributed by atoms with Gasteiger partial charge in [0, 0.05) is 5.56 Å². The Morgan fingerprint density at radius 3 is 2.57 bits per heavy atom. The predicted octanol–water partition coefficient (Wildman–Crippen LogP) is 3.39. The first-order valence-electron chi connectivity index (χ1n) is 6.45. The average Bonchev–Trinajstić information content (AvgIpc) is 2.86. The third-order valence-corrected chi connectivity index (χ3v) is 3.44. The number of benzene rings is 2. The van der Waals surface area contributed by atoms with E-state index >= 15 is 0 Å². The van der Waals surface area contributed by atoms with Gasteiger partial charge in [0.25, 0.3) is 0 Å². The SMILES string of the molecule is Oc1c(-c2ccc(F)cc2)nc2cnc3ccccc3n12. The van der Waals surface area contributed by atoms with Crippen LogP contribution >= 0.6 is 0 Å². The van der Waals surface area contributed by atoms with Crippen LogP contribution in [0.25, 0.3) is 27.9 Å². The van der Waals surface area contributed by atoms with Gasteiger partial charge in [-0.2, -0.15) is 0 Å². The van der Waals surface area contributed by atoms with Gasteiger partial charge in [0.15, 0.2) is 5.65 Å². The zero-order valence-electron chi connectivity index (χ0n) is 10.9. The fraction of sp³-hybridized carbons (Fsp3) is 0. The lowest BCUT2D eigenvalue weighted by Crippen LogP contribution is -1.89. The second-order valence-corrected chi connectivity index (χ2v) is 4.73. The van der Waals surface area contributed by atoms with Crippen LogP contribution in [-0.4, -0.2) is 19.5 Å². The van der Waals surface area contributed by atoms with Gasteiger partial charge in [0.2, 0.25) is 5.88 Å². The molecule has 0 fully saturated rings. The van der Waals surface area contributed by atoms with Crippen molar-refractivity contribution in [3.05, 3.63) is 60.5 Å². The van der Waals surface area contributed by atoms with Crippen molar-refractivity contribution in [2.45, 2.75) is 0 Å². The number of halogens is 1. The third-order valence-electron chi connectivity index (χ3n) is 3.44. The lowest BCUT2D eigenvalue weighted by molar-refractivity contribution is 0.453. The van der Waals surface area contributed by atoms with Gasteiger partial charge in [-0.05, 0) is 36.4 Å². The number of nitrogens with zero attached hydrogens (tertiary/aromatic N) is 3. The molecule has 0 saturated heterocycles. The molecule has 4 rings (SSSR count). The van der Waals surface area contributed by atoms with Crippen LogP contribution in [0.3, 0.4) is 0 Å². The van der Waals surface area contributed by atoms with Crippen molar-refractivity contribution in [1.82, 2.24) is 14.4 Å². The number of aromatic hydroxyl groups is 1. The third kappa shape index (κ3) is 1.74. The van der Waals surface area contributed by atoms with E-state index in [9.17, 15) is 9.50 Å². The molecule has 0 unspecified atom stereocenters. The van der Waals surface area contributed by atoms with Crippen molar-refractivity contribution < 1.29 is 9.50 Å². The Bertz CT molecular complexity index is 961. The van der Waals surface area contributed by atoms with Crippen molar-refractivity contribution >= 4 is 16.7 Å². The smallest absolute Gasteiger partial charge is 0.224 e. The summed E-state index contributed by atoms with van der Waals surface area (Å²) in [6.07, 6.45) is 1.61. The molecule has 0 amide bonds. The maximum absolute atomic E-state index is 13.0. The van der Waals surface area contributed by atoms with Gasteiger partial charge >= 0.3 is 0 Å². The minimum absolute atomic E-state index is 0.0233. The molecule has 0 aliphatic rings. The summed E-state index contributed by atoms with van der Waals surface area (Å²) in [4.78, 5) is 8.71. The van der Waals surface area contributed by atoms with Gasteiger partial charge in [-0.3, -0.25) is 9.38 Å². The van der Waals surface area contributed by atoms with Gasteiger partial charge in [-0.25, -0.2) is 9.37 Å². The number of aromatic nitrogens is 3. The second-order valence-electron chi connectivity index (χ2n) is 4.73. The molecular formula is C16H10FN3O. The van der Waals surface area contributed by atoms with Crippen LogP contribution in [0, 0.1) is 5.82 Å². The van der Waals surface area contributed by atoms with E-state index in [1.807, 2.05) is 24.3 Å². The number of hydrogen-bond donors (Lipinski definition) is 1. The van der Waals surface area contributed by atoms with Crippen LogP contribution in [0.2, 0.25) is 0 Å². The Morgan fingerprint density at radius 2 is 1.76 bits per heavy atom. The first-order chi connectivity index (χ1) is 10.2. The van der Waals surface area contributed by atoms with Crippen LogP contribution < -0.4 is 0 Å². The molecule has 5 heteroatoms. The number of imidazole rings is 1.